The number of nitrogens with one attached hydrogen (secondary N) is 2. The van der Waals surface area contributed by atoms with E-state index in [2.05, 4.69) is 24.5 Å². The van der Waals surface area contributed by atoms with Crippen molar-refractivity contribution in [3.8, 4) is 11.5 Å². The van der Waals surface area contributed by atoms with Crippen molar-refractivity contribution in [2.45, 2.75) is 19.9 Å². The summed E-state index contributed by atoms with van der Waals surface area (Å²) in [5, 5.41) is 7.86. The van der Waals surface area contributed by atoms with E-state index in [9.17, 15) is 9.59 Å². The van der Waals surface area contributed by atoms with Crippen LogP contribution in [0.1, 0.15) is 35.1 Å². The molecule has 0 bridgehead atoms. The lowest BCUT2D eigenvalue weighted by atomic mass is 10.0. The third-order valence-corrected chi connectivity index (χ3v) is 5.62. The van der Waals surface area contributed by atoms with E-state index in [4.69, 9.17) is 9.47 Å². The fourth-order valence-electron chi connectivity index (χ4n) is 3.06. The highest BCUT2D eigenvalue weighted by atomic mass is 32.1. The van der Waals surface area contributed by atoms with Gasteiger partial charge in [0, 0.05) is 10.6 Å². The number of ether oxygens (including phenoxy) is 2. The predicted molar refractivity (Wildman–Crippen MR) is 123 cm³/mol. The lowest BCUT2D eigenvalue weighted by molar-refractivity contribution is -0.124. The molecule has 3 aromatic rings. The summed E-state index contributed by atoms with van der Waals surface area (Å²) < 4.78 is 10.8. The number of methoxy groups -OCH3 is 1. The van der Waals surface area contributed by atoms with Crippen LogP contribution in [-0.2, 0) is 4.79 Å². The first-order valence-electron chi connectivity index (χ1n) is 9.98. The highest BCUT2D eigenvalue weighted by Crippen LogP contribution is 2.26. The summed E-state index contributed by atoms with van der Waals surface area (Å²) in [6, 6.07) is 17.9. The Morgan fingerprint density at radius 1 is 1.00 bits per heavy atom. The summed E-state index contributed by atoms with van der Waals surface area (Å²) in [5.41, 5.74) is 1.07. The highest BCUT2D eigenvalue weighted by molar-refractivity contribution is 7.10. The van der Waals surface area contributed by atoms with Gasteiger partial charge in [-0.15, -0.1) is 11.3 Å². The van der Waals surface area contributed by atoms with Gasteiger partial charge in [-0.3, -0.25) is 9.59 Å². The van der Waals surface area contributed by atoms with E-state index in [-0.39, 0.29) is 30.4 Å². The van der Waals surface area contributed by atoms with Crippen LogP contribution in [0.2, 0.25) is 0 Å². The molecule has 0 aliphatic carbocycles. The third kappa shape index (κ3) is 6.08. The molecule has 0 saturated carbocycles. The molecule has 31 heavy (non-hydrogen) atoms. The third-order valence-electron chi connectivity index (χ3n) is 4.67. The maximum Gasteiger partial charge on any atom is 0.259 e. The summed E-state index contributed by atoms with van der Waals surface area (Å²) in [6.45, 7) is 4.06. The van der Waals surface area contributed by atoms with Gasteiger partial charge in [-0.2, -0.15) is 0 Å². The first-order valence-corrected chi connectivity index (χ1v) is 10.9. The number of thiophene rings is 1. The molecule has 0 aliphatic rings. The molecule has 6 nitrogen and oxygen atoms in total. The maximum atomic E-state index is 12.5. The van der Waals surface area contributed by atoms with Gasteiger partial charge in [0.05, 0.1) is 18.7 Å². The quantitative estimate of drug-likeness (QED) is 0.498. The second-order valence-electron chi connectivity index (χ2n) is 7.27. The number of rotatable bonds is 9. The second kappa shape index (κ2) is 10.6. The Hall–Kier alpha value is -3.32. The molecule has 1 unspecified atom stereocenters. The van der Waals surface area contributed by atoms with Crippen molar-refractivity contribution in [3.05, 3.63) is 76.5 Å². The van der Waals surface area contributed by atoms with E-state index < -0.39 is 0 Å². The Balaban J connectivity index is 1.53. The summed E-state index contributed by atoms with van der Waals surface area (Å²) in [7, 11) is 1.53. The SMILES string of the molecule is COc1ccccc1C(=O)Nc1ccc(OCC(=O)NC(c2cccs2)C(C)C)cc1. The normalized spacial score (nSPS) is 11.6. The molecule has 0 aliphatic heterocycles. The zero-order valence-corrected chi connectivity index (χ0v) is 18.6. The van der Waals surface area contributed by atoms with Crippen molar-refractivity contribution in [1.29, 1.82) is 0 Å². The Kier molecular flexibility index (Phi) is 7.67. The van der Waals surface area contributed by atoms with Gasteiger partial charge >= 0.3 is 0 Å². The van der Waals surface area contributed by atoms with E-state index in [1.165, 1.54) is 7.11 Å². The molecule has 2 aromatic carbocycles. The Labute approximate surface area is 186 Å². The Morgan fingerprint density at radius 2 is 1.74 bits per heavy atom. The summed E-state index contributed by atoms with van der Waals surface area (Å²) >= 11 is 1.62. The van der Waals surface area contributed by atoms with Gasteiger partial charge in [-0.05, 0) is 53.8 Å². The van der Waals surface area contributed by atoms with Crippen molar-refractivity contribution < 1.29 is 19.1 Å². The van der Waals surface area contributed by atoms with Crippen molar-refractivity contribution in [1.82, 2.24) is 5.32 Å². The first kappa shape index (κ1) is 22.4. The van der Waals surface area contributed by atoms with E-state index in [1.54, 1.807) is 53.8 Å². The molecule has 0 radical (unpaired) electrons. The molecule has 1 heterocycles. The zero-order valence-electron chi connectivity index (χ0n) is 17.8. The number of para-hydroxylation sites is 1. The summed E-state index contributed by atoms with van der Waals surface area (Å²) in [5.74, 6) is 0.879. The number of carbonyl (C=O) groups is 2. The predicted octanol–water partition coefficient (Wildman–Crippen LogP) is 4.90. The molecule has 0 saturated heterocycles. The lowest BCUT2D eigenvalue weighted by Gasteiger charge is -2.21. The molecule has 3 rings (SSSR count). The average Bonchev–Trinajstić information content (AvgIpc) is 3.31. The first-order chi connectivity index (χ1) is 15.0. The minimum absolute atomic E-state index is 0.0383. The van der Waals surface area contributed by atoms with Crippen molar-refractivity contribution in [2.75, 3.05) is 19.0 Å². The Bertz CT molecular complexity index is 1000. The van der Waals surface area contributed by atoms with Crippen LogP contribution in [0.4, 0.5) is 5.69 Å². The van der Waals surface area contributed by atoms with Gasteiger partial charge in [-0.1, -0.05) is 32.0 Å². The zero-order chi connectivity index (χ0) is 22.2. The van der Waals surface area contributed by atoms with E-state index in [0.717, 1.165) is 4.88 Å². The molecule has 1 atom stereocenters. The van der Waals surface area contributed by atoms with Crippen LogP contribution in [0.5, 0.6) is 11.5 Å². The van der Waals surface area contributed by atoms with Crippen LogP contribution < -0.4 is 20.1 Å². The molecule has 162 valence electrons. The van der Waals surface area contributed by atoms with Crippen LogP contribution in [0, 0.1) is 5.92 Å². The van der Waals surface area contributed by atoms with Gasteiger partial charge in [0.1, 0.15) is 11.5 Å². The number of amides is 2. The highest BCUT2D eigenvalue weighted by Gasteiger charge is 2.19. The molecule has 2 amide bonds. The topological polar surface area (TPSA) is 76.7 Å². The molecular formula is C24H26N2O4S. The fraction of sp³-hybridized carbons (Fsp3) is 0.250. The van der Waals surface area contributed by atoms with Gasteiger partial charge in [-0.25, -0.2) is 0 Å². The van der Waals surface area contributed by atoms with Crippen LogP contribution in [0.3, 0.4) is 0 Å². The van der Waals surface area contributed by atoms with Crippen LogP contribution in [-0.4, -0.2) is 25.5 Å². The number of hydrogen-bond acceptors (Lipinski definition) is 5. The standard InChI is InChI=1S/C24H26N2O4S/c1-16(2)23(21-9-6-14-31-21)26-22(27)15-30-18-12-10-17(11-13-18)25-24(28)19-7-4-5-8-20(19)29-3/h4-14,16,23H,15H2,1-3H3,(H,25,28)(H,26,27). The fourth-order valence-corrected chi connectivity index (χ4v) is 4.01. The van der Waals surface area contributed by atoms with Crippen LogP contribution in [0.15, 0.2) is 66.0 Å². The molecule has 1 aromatic heterocycles. The molecular weight excluding hydrogens is 412 g/mol. The van der Waals surface area contributed by atoms with Crippen LogP contribution >= 0.6 is 11.3 Å². The summed E-state index contributed by atoms with van der Waals surface area (Å²) in [4.78, 5) is 26.0. The molecule has 0 fully saturated rings. The molecule has 7 heteroatoms. The largest absolute Gasteiger partial charge is 0.496 e. The van der Waals surface area contributed by atoms with Gasteiger partial charge in [0.15, 0.2) is 6.61 Å². The van der Waals surface area contributed by atoms with Crippen LogP contribution in [0.25, 0.3) is 0 Å². The number of carbonyl (C=O) groups excluding carboxylic acids is 2. The van der Waals surface area contributed by atoms with Crippen molar-refractivity contribution >= 4 is 28.8 Å². The Morgan fingerprint density at radius 3 is 2.39 bits per heavy atom. The van der Waals surface area contributed by atoms with Gasteiger partial charge in [0.2, 0.25) is 0 Å². The van der Waals surface area contributed by atoms with Gasteiger partial charge < -0.3 is 20.1 Å². The monoisotopic (exact) mass is 438 g/mol. The lowest BCUT2D eigenvalue weighted by Crippen LogP contribution is -2.34. The minimum Gasteiger partial charge on any atom is -0.496 e. The van der Waals surface area contributed by atoms with Crippen molar-refractivity contribution in [3.63, 3.8) is 0 Å². The number of anilines is 1. The molecule has 0 spiro atoms. The number of hydrogen-bond donors (Lipinski definition) is 2. The maximum absolute atomic E-state index is 12.5. The second-order valence-corrected chi connectivity index (χ2v) is 8.25. The summed E-state index contributed by atoms with van der Waals surface area (Å²) in [6.07, 6.45) is 0. The minimum atomic E-state index is -0.265. The average molecular weight is 439 g/mol. The smallest absolute Gasteiger partial charge is 0.259 e. The van der Waals surface area contributed by atoms with Gasteiger partial charge in [0.25, 0.3) is 11.8 Å². The molecule has 2 N–H and O–H groups in total. The number of benzene rings is 2. The van der Waals surface area contributed by atoms with E-state index in [0.29, 0.717) is 22.7 Å². The van der Waals surface area contributed by atoms with E-state index in [1.807, 2.05) is 23.6 Å². The van der Waals surface area contributed by atoms with E-state index >= 15 is 0 Å². The van der Waals surface area contributed by atoms with Crippen molar-refractivity contribution in [2.24, 2.45) is 5.92 Å².